The highest BCUT2D eigenvalue weighted by Gasteiger charge is 2.12. The molecule has 0 aliphatic carbocycles. The second-order valence-corrected chi connectivity index (χ2v) is 5.20. The van der Waals surface area contributed by atoms with Crippen molar-refractivity contribution >= 4 is 15.9 Å². The maximum absolute atomic E-state index is 4.32. The van der Waals surface area contributed by atoms with Crippen LogP contribution in [0.3, 0.4) is 0 Å². The predicted molar refractivity (Wildman–Crippen MR) is 59.2 cm³/mol. The Morgan fingerprint density at radius 2 is 2.15 bits per heavy atom. The van der Waals surface area contributed by atoms with Crippen molar-refractivity contribution in [1.29, 1.82) is 0 Å². The molecule has 2 unspecified atom stereocenters. The van der Waals surface area contributed by atoms with Crippen molar-refractivity contribution in [2.75, 3.05) is 0 Å². The smallest absolute Gasteiger partial charge is 0.0596 e. The lowest BCUT2D eigenvalue weighted by Crippen LogP contribution is -2.12. The number of hydrogen-bond acceptors (Lipinski definition) is 1. The summed E-state index contributed by atoms with van der Waals surface area (Å²) in [5, 5.41) is 4.32. The molecule has 1 aromatic rings. The molecule has 2 atom stereocenters. The summed E-state index contributed by atoms with van der Waals surface area (Å²) in [6, 6.07) is 2.16. The van der Waals surface area contributed by atoms with E-state index in [0.717, 1.165) is 12.1 Å². The van der Waals surface area contributed by atoms with Gasteiger partial charge in [0, 0.05) is 17.6 Å². The maximum Gasteiger partial charge on any atom is 0.0596 e. The minimum absolute atomic E-state index is 0.558. The SMILES string of the molecule is Cc1cc(CC(C)C(C)Br)n(C)n1. The normalized spacial score (nSPS) is 15.8. The standard InChI is InChI=1S/C10H17BrN2/c1-7(9(3)11)5-10-6-8(2)12-13(10)4/h6-7,9H,5H2,1-4H3. The van der Waals surface area contributed by atoms with Crippen LogP contribution < -0.4 is 0 Å². The fourth-order valence-electron chi connectivity index (χ4n) is 1.35. The van der Waals surface area contributed by atoms with Gasteiger partial charge < -0.3 is 0 Å². The van der Waals surface area contributed by atoms with Gasteiger partial charge in [0.05, 0.1) is 5.69 Å². The van der Waals surface area contributed by atoms with Crippen LogP contribution in [0.1, 0.15) is 25.2 Å². The monoisotopic (exact) mass is 244 g/mol. The zero-order valence-corrected chi connectivity index (χ0v) is 10.3. The van der Waals surface area contributed by atoms with E-state index in [1.807, 2.05) is 18.7 Å². The van der Waals surface area contributed by atoms with Gasteiger partial charge in [-0.05, 0) is 25.3 Å². The Kier molecular flexibility index (Phi) is 3.54. The van der Waals surface area contributed by atoms with Gasteiger partial charge in [0.1, 0.15) is 0 Å². The first-order chi connectivity index (χ1) is 6.00. The molecule has 3 heteroatoms. The Hall–Kier alpha value is -0.310. The molecule has 0 fully saturated rings. The summed E-state index contributed by atoms with van der Waals surface area (Å²) in [5.74, 6) is 0.648. The van der Waals surface area contributed by atoms with Gasteiger partial charge >= 0.3 is 0 Å². The van der Waals surface area contributed by atoms with Crippen molar-refractivity contribution in [3.05, 3.63) is 17.5 Å². The summed E-state index contributed by atoms with van der Waals surface area (Å²) < 4.78 is 1.97. The minimum Gasteiger partial charge on any atom is -0.272 e. The molecule has 1 aromatic heterocycles. The molecule has 0 spiro atoms. The van der Waals surface area contributed by atoms with E-state index in [1.54, 1.807) is 0 Å². The molecule has 0 saturated heterocycles. The highest BCUT2D eigenvalue weighted by molar-refractivity contribution is 9.09. The van der Waals surface area contributed by atoms with E-state index >= 15 is 0 Å². The molecule has 1 heterocycles. The number of nitrogens with zero attached hydrogens (tertiary/aromatic N) is 2. The van der Waals surface area contributed by atoms with Crippen molar-refractivity contribution in [2.24, 2.45) is 13.0 Å². The van der Waals surface area contributed by atoms with E-state index < -0.39 is 0 Å². The third kappa shape index (κ3) is 2.83. The van der Waals surface area contributed by atoms with E-state index in [-0.39, 0.29) is 0 Å². The summed E-state index contributed by atoms with van der Waals surface area (Å²) >= 11 is 3.60. The highest BCUT2D eigenvalue weighted by atomic mass is 79.9. The number of aromatic nitrogens is 2. The molecular formula is C10H17BrN2. The van der Waals surface area contributed by atoms with Crippen molar-refractivity contribution < 1.29 is 0 Å². The van der Waals surface area contributed by atoms with Crippen LogP contribution in [0.2, 0.25) is 0 Å². The van der Waals surface area contributed by atoms with Gasteiger partial charge in [-0.15, -0.1) is 0 Å². The van der Waals surface area contributed by atoms with Gasteiger partial charge in [-0.2, -0.15) is 5.10 Å². The number of hydrogen-bond donors (Lipinski definition) is 0. The lowest BCUT2D eigenvalue weighted by atomic mass is 10.0. The number of alkyl halides is 1. The quantitative estimate of drug-likeness (QED) is 0.748. The molecule has 74 valence electrons. The zero-order valence-electron chi connectivity index (χ0n) is 8.71. The van der Waals surface area contributed by atoms with Gasteiger partial charge in [0.25, 0.3) is 0 Å². The van der Waals surface area contributed by atoms with Crippen LogP contribution >= 0.6 is 15.9 Å². The first kappa shape index (κ1) is 10.8. The zero-order chi connectivity index (χ0) is 10.0. The van der Waals surface area contributed by atoms with Crippen molar-refractivity contribution in [3.8, 4) is 0 Å². The molecule has 0 aliphatic rings. The van der Waals surface area contributed by atoms with Gasteiger partial charge in [0.15, 0.2) is 0 Å². The summed E-state index contributed by atoms with van der Waals surface area (Å²) in [4.78, 5) is 0.558. The van der Waals surface area contributed by atoms with Crippen LogP contribution in [0, 0.1) is 12.8 Å². The van der Waals surface area contributed by atoms with Crippen molar-refractivity contribution in [2.45, 2.75) is 32.0 Å². The minimum atomic E-state index is 0.558. The number of rotatable bonds is 3. The van der Waals surface area contributed by atoms with Gasteiger partial charge in [-0.25, -0.2) is 0 Å². The predicted octanol–water partition coefficient (Wildman–Crippen LogP) is 2.69. The van der Waals surface area contributed by atoms with Gasteiger partial charge in [-0.1, -0.05) is 29.8 Å². The van der Waals surface area contributed by atoms with E-state index in [0.29, 0.717) is 10.7 Å². The number of aryl methyl sites for hydroxylation is 2. The Bertz CT molecular complexity index is 278. The lowest BCUT2D eigenvalue weighted by Gasteiger charge is -2.13. The molecule has 1 rings (SSSR count). The van der Waals surface area contributed by atoms with Crippen molar-refractivity contribution in [3.63, 3.8) is 0 Å². The molecule has 13 heavy (non-hydrogen) atoms. The van der Waals surface area contributed by atoms with E-state index in [2.05, 4.69) is 40.9 Å². The molecule has 0 radical (unpaired) electrons. The van der Waals surface area contributed by atoms with Crippen LogP contribution in [-0.4, -0.2) is 14.6 Å². The van der Waals surface area contributed by atoms with Crippen LogP contribution in [0.15, 0.2) is 6.07 Å². The average molecular weight is 245 g/mol. The first-order valence-corrected chi connectivity index (χ1v) is 5.56. The van der Waals surface area contributed by atoms with E-state index in [1.165, 1.54) is 5.69 Å². The molecule has 0 saturated carbocycles. The molecule has 2 nitrogen and oxygen atoms in total. The van der Waals surface area contributed by atoms with Crippen LogP contribution in [-0.2, 0) is 13.5 Å². The first-order valence-electron chi connectivity index (χ1n) is 4.64. The summed E-state index contributed by atoms with van der Waals surface area (Å²) in [5.41, 5.74) is 2.42. The van der Waals surface area contributed by atoms with Crippen LogP contribution in [0.25, 0.3) is 0 Å². The molecule has 0 aliphatic heterocycles. The topological polar surface area (TPSA) is 17.8 Å². The fraction of sp³-hybridized carbons (Fsp3) is 0.700. The van der Waals surface area contributed by atoms with Gasteiger partial charge in [-0.3, -0.25) is 4.68 Å². The lowest BCUT2D eigenvalue weighted by molar-refractivity contribution is 0.549. The average Bonchev–Trinajstić information content (AvgIpc) is 2.30. The summed E-state index contributed by atoms with van der Waals surface area (Å²) in [6.07, 6.45) is 1.09. The fourth-order valence-corrected chi connectivity index (χ4v) is 1.53. The van der Waals surface area contributed by atoms with Crippen molar-refractivity contribution in [1.82, 2.24) is 9.78 Å². The molecule has 0 N–H and O–H groups in total. The Morgan fingerprint density at radius 3 is 2.54 bits per heavy atom. The Balaban J connectivity index is 2.68. The highest BCUT2D eigenvalue weighted by Crippen LogP contribution is 2.17. The largest absolute Gasteiger partial charge is 0.272 e. The third-order valence-electron chi connectivity index (χ3n) is 2.41. The number of halogens is 1. The summed E-state index contributed by atoms with van der Waals surface area (Å²) in [6.45, 7) is 6.47. The third-order valence-corrected chi connectivity index (χ3v) is 3.32. The Morgan fingerprint density at radius 1 is 1.54 bits per heavy atom. The van der Waals surface area contributed by atoms with Crippen LogP contribution in [0.5, 0.6) is 0 Å². The van der Waals surface area contributed by atoms with Crippen LogP contribution in [0.4, 0.5) is 0 Å². The second kappa shape index (κ2) is 4.27. The van der Waals surface area contributed by atoms with Gasteiger partial charge in [0.2, 0.25) is 0 Å². The van der Waals surface area contributed by atoms with E-state index in [9.17, 15) is 0 Å². The van der Waals surface area contributed by atoms with E-state index in [4.69, 9.17) is 0 Å². The molecule has 0 amide bonds. The Labute approximate surface area is 88.5 Å². The molecular weight excluding hydrogens is 228 g/mol. The summed E-state index contributed by atoms with van der Waals surface area (Å²) in [7, 11) is 2.01. The maximum atomic E-state index is 4.32. The molecule has 0 aromatic carbocycles. The molecule has 0 bridgehead atoms. The second-order valence-electron chi connectivity index (χ2n) is 3.76.